The number of nitrogens with one attached hydrogen (secondary N) is 2. The average Bonchev–Trinajstić information content (AvgIpc) is 2.63. The number of carbonyl (C=O) groups is 1. The largest absolute Gasteiger partial charge is 0.478 e. The Morgan fingerprint density at radius 1 is 1.61 bits per heavy atom. The number of aromatic amines is 1. The van der Waals surface area contributed by atoms with Gasteiger partial charge in [-0.15, -0.1) is 0 Å². The Balaban J connectivity index is 2.93. The van der Waals surface area contributed by atoms with Crippen LogP contribution in [0.15, 0.2) is 11.2 Å². The van der Waals surface area contributed by atoms with E-state index in [0.717, 1.165) is 6.20 Å². The minimum Gasteiger partial charge on any atom is -0.478 e. The number of carboxylic acid groups (broad SMARTS) is 1. The van der Waals surface area contributed by atoms with Gasteiger partial charge < -0.3 is 10.0 Å². The lowest BCUT2D eigenvalue weighted by molar-refractivity contribution is 0.0692. The van der Waals surface area contributed by atoms with Crippen molar-refractivity contribution in [3.63, 3.8) is 0 Å². The van der Waals surface area contributed by atoms with E-state index in [0.29, 0.717) is 6.54 Å². The van der Waals surface area contributed by atoms with Crippen molar-refractivity contribution in [1.82, 2.24) is 19.8 Å². The number of H-pyrrole nitrogens is 1. The second kappa shape index (κ2) is 5.46. The predicted molar refractivity (Wildman–Crippen MR) is 63.9 cm³/mol. The van der Waals surface area contributed by atoms with Crippen molar-refractivity contribution in [2.75, 3.05) is 20.6 Å². The molecule has 9 heteroatoms. The first kappa shape index (κ1) is 14.6. The van der Waals surface area contributed by atoms with Gasteiger partial charge in [0.25, 0.3) is 10.0 Å². The summed E-state index contributed by atoms with van der Waals surface area (Å²) in [5.41, 5.74) is -0.375. The minimum absolute atomic E-state index is 0.352. The van der Waals surface area contributed by atoms with E-state index < -0.39 is 21.0 Å². The van der Waals surface area contributed by atoms with E-state index in [1.54, 1.807) is 6.92 Å². The molecule has 0 saturated carbocycles. The molecule has 3 N–H and O–H groups in total. The Morgan fingerprint density at radius 2 is 2.22 bits per heavy atom. The summed E-state index contributed by atoms with van der Waals surface area (Å²) < 4.78 is 26.3. The summed E-state index contributed by atoms with van der Waals surface area (Å²) in [4.78, 5) is 12.7. The number of hydrogen-bond donors (Lipinski definition) is 3. The van der Waals surface area contributed by atoms with Crippen LogP contribution >= 0.6 is 0 Å². The summed E-state index contributed by atoms with van der Waals surface area (Å²) >= 11 is 0. The van der Waals surface area contributed by atoms with Crippen molar-refractivity contribution in [3.05, 3.63) is 11.8 Å². The number of rotatable bonds is 6. The van der Waals surface area contributed by atoms with E-state index in [9.17, 15) is 13.2 Å². The highest BCUT2D eigenvalue weighted by Crippen LogP contribution is 2.12. The molecular formula is C9H16N4O4S. The molecule has 1 aromatic rings. The van der Waals surface area contributed by atoms with Crippen LogP contribution < -0.4 is 4.72 Å². The van der Waals surface area contributed by atoms with E-state index in [1.807, 2.05) is 19.0 Å². The van der Waals surface area contributed by atoms with Gasteiger partial charge in [0.15, 0.2) is 5.03 Å². The molecule has 1 aromatic heterocycles. The fourth-order valence-corrected chi connectivity index (χ4v) is 2.86. The topological polar surface area (TPSA) is 115 Å². The lowest BCUT2D eigenvalue weighted by Crippen LogP contribution is -2.40. The molecule has 0 amide bonds. The number of likely N-dealkylation sites (N-methyl/N-ethyl adjacent to an activating group) is 1. The van der Waals surface area contributed by atoms with Crippen LogP contribution in [0.4, 0.5) is 0 Å². The monoisotopic (exact) mass is 276 g/mol. The summed E-state index contributed by atoms with van der Waals surface area (Å²) in [7, 11) is -0.295. The van der Waals surface area contributed by atoms with Crippen LogP contribution in [0.1, 0.15) is 17.3 Å². The third-order valence-electron chi connectivity index (χ3n) is 2.10. The minimum atomic E-state index is -3.91. The second-order valence-corrected chi connectivity index (χ2v) is 5.85. The van der Waals surface area contributed by atoms with E-state index in [-0.39, 0.29) is 11.6 Å². The molecular weight excluding hydrogens is 260 g/mol. The lowest BCUT2D eigenvalue weighted by atomic mass is 10.3. The molecule has 0 radical (unpaired) electrons. The summed E-state index contributed by atoms with van der Waals surface area (Å²) in [5.74, 6) is -1.34. The highest BCUT2D eigenvalue weighted by Gasteiger charge is 2.26. The Morgan fingerprint density at radius 3 is 2.72 bits per heavy atom. The van der Waals surface area contributed by atoms with Gasteiger partial charge in [-0.05, 0) is 21.0 Å². The molecule has 0 aromatic carbocycles. The second-order valence-electron chi connectivity index (χ2n) is 4.20. The van der Waals surface area contributed by atoms with Crippen LogP contribution in [0.25, 0.3) is 0 Å². The van der Waals surface area contributed by atoms with Gasteiger partial charge >= 0.3 is 5.97 Å². The molecule has 1 atom stereocenters. The zero-order chi connectivity index (χ0) is 13.9. The van der Waals surface area contributed by atoms with E-state index in [4.69, 9.17) is 5.11 Å². The molecule has 0 aliphatic rings. The van der Waals surface area contributed by atoms with Crippen molar-refractivity contribution >= 4 is 16.0 Å². The maximum atomic E-state index is 11.9. The highest BCUT2D eigenvalue weighted by atomic mass is 32.2. The maximum Gasteiger partial charge on any atom is 0.340 e. The molecule has 1 unspecified atom stereocenters. The highest BCUT2D eigenvalue weighted by molar-refractivity contribution is 7.89. The fourth-order valence-electron chi connectivity index (χ4n) is 1.54. The third kappa shape index (κ3) is 3.52. The van der Waals surface area contributed by atoms with Gasteiger partial charge in [0, 0.05) is 12.6 Å². The quantitative estimate of drug-likeness (QED) is 0.635. The molecule has 8 nitrogen and oxygen atoms in total. The first-order valence-corrected chi connectivity index (χ1v) is 6.66. The first-order chi connectivity index (χ1) is 8.24. The molecule has 1 rings (SSSR count). The van der Waals surface area contributed by atoms with Crippen molar-refractivity contribution in [3.8, 4) is 0 Å². The average molecular weight is 276 g/mol. The van der Waals surface area contributed by atoms with Crippen LogP contribution in [-0.2, 0) is 10.0 Å². The van der Waals surface area contributed by atoms with Gasteiger partial charge in [-0.1, -0.05) is 0 Å². The van der Waals surface area contributed by atoms with Crippen molar-refractivity contribution in [2.24, 2.45) is 0 Å². The van der Waals surface area contributed by atoms with Crippen molar-refractivity contribution in [2.45, 2.75) is 18.0 Å². The van der Waals surface area contributed by atoms with Gasteiger partial charge in [0.1, 0.15) is 5.56 Å². The number of carboxylic acids is 1. The lowest BCUT2D eigenvalue weighted by Gasteiger charge is -2.17. The van der Waals surface area contributed by atoms with E-state index >= 15 is 0 Å². The zero-order valence-corrected chi connectivity index (χ0v) is 11.2. The fraction of sp³-hybridized carbons (Fsp3) is 0.556. The van der Waals surface area contributed by atoms with Crippen molar-refractivity contribution in [1.29, 1.82) is 0 Å². The van der Waals surface area contributed by atoms with E-state index in [2.05, 4.69) is 14.9 Å². The van der Waals surface area contributed by atoms with Crippen LogP contribution in [-0.4, -0.2) is 61.3 Å². The number of aromatic carboxylic acids is 1. The molecule has 1 heterocycles. The molecule has 18 heavy (non-hydrogen) atoms. The number of aromatic nitrogens is 2. The smallest absolute Gasteiger partial charge is 0.340 e. The van der Waals surface area contributed by atoms with Gasteiger partial charge in [0.05, 0.1) is 6.20 Å². The van der Waals surface area contributed by atoms with Gasteiger partial charge in [0.2, 0.25) is 0 Å². The van der Waals surface area contributed by atoms with Gasteiger partial charge in [-0.2, -0.15) is 5.10 Å². The molecule has 0 spiro atoms. The zero-order valence-electron chi connectivity index (χ0n) is 10.3. The van der Waals surface area contributed by atoms with Crippen LogP contribution in [0.5, 0.6) is 0 Å². The van der Waals surface area contributed by atoms with E-state index in [1.165, 1.54) is 0 Å². The summed E-state index contributed by atoms with van der Waals surface area (Å²) in [6.07, 6.45) is 0.966. The SMILES string of the molecule is CC(CN(C)C)NS(=O)(=O)c1[nH]ncc1C(=O)O. The van der Waals surface area contributed by atoms with Crippen LogP contribution in [0.3, 0.4) is 0 Å². The Labute approximate surface area is 105 Å². The molecule has 0 bridgehead atoms. The Hall–Kier alpha value is -1.45. The van der Waals surface area contributed by atoms with Crippen LogP contribution in [0, 0.1) is 0 Å². The normalized spacial score (nSPS) is 13.8. The summed E-state index contributed by atoms with van der Waals surface area (Å²) in [6, 6.07) is -0.352. The first-order valence-electron chi connectivity index (χ1n) is 5.17. The standard InChI is InChI=1S/C9H16N4O4S/c1-6(5-13(2)3)12-18(16,17)8-7(9(14)15)4-10-11-8/h4,6,12H,5H2,1-3H3,(H,10,11)(H,14,15). The molecule has 0 saturated heterocycles. The van der Waals surface area contributed by atoms with Gasteiger partial charge in [-0.25, -0.2) is 17.9 Å². The number of sulfonamides is 1. The Bertz CT molecular complexity index is 522. The van der Waals surface area contributed by atoms with Crippen molar-refractivity contribution < 1.29 is 18.3 Å². The summed E-state index contributed by atoms with van der Waals surface area (Å²) in [5, 5.41) is 14.0. The van der Waals surface area contributed by atoms with Gasteiger partial charge in [-0.3, -0.25) is 5.10 Å². The third-order valence-corrected chi connectivity index (χ3v) is 3.66. The predicted octanol–water partition coefficient (Wildman–Crippen LogP) is -0.664. The molecule has 0 fully saturated rings. The summed E-state index contributed by atoms with van der Waals surface area (Å²) in [6.45, 7) is 2.18. The van der Waals surface area contributed by atoms with Crippen LogP contribution in [0.2, 0.25) is 0 Å². The molecule has 0 aliphatic heterocycles. The molecule has 0 aliphatic carbocycles. The number of nitrogens with zero attached hydrogens (tertiary/aromatic N) is 2. The number of hydrogen-bond acceptors (Lipinski definition) is 5. The molecule has 102 valence electrons. The Kier molecular flexibility index (Phi) is 4.43. The maximum absolute atomic E-state index is 11.9.